The Hall–Kier alpha value is -0.670. The molecule has 224 valence electrons. The van der Waals surface area contributed by atoms with Gasteiger partial charge in [0, 0.05) is 18.1 Å². The van der Waals surface area contributed by atoms with Crippen LogP contribution in [0.25, 0.3) is 0 Å². The number of ether oxygens (including phenoxy) is 5. The first-order valence-corrected chi connectivity index (χ1v) is 12.8. The van der Waals surface area contributed by atoms with Crippen LogP contribution in [0.4, 0.5) is 4.39 Å². The molecule has 0 aromatic rings. The fourth-order valence-electron chi connectivity index (χ4n) is 4.99. The molecule has 2 aliphatic heterocycles. The highest BCUT2D eigenvalue weighted by Crippen LogP contribution is 2.35. The summed E-state index contributed by atoms with van der Waals surface area (Å²) in [6.45, 7) is 0.394. The van der Waals surface area contributed by atoms with Gasteiger partial charge in [-0.3, -0.25) is 0 Å². The molecule has 16 atom stereocenters. The van der Waals surface area contributed by atoms with E-state index in [2.05, 4.69) is 5.32 Å². The zero-order valence-electron chi connectivity index (χ0n) is 21.5. The molecule has 2 saturated heterocycles. The molecular formula is C22H44FN5O10. The number of rotatable bonds is 11. The first kappa shape index (κ1) is 31.9. The SMILES string of the molecule is CNC1C(OC(OC(CO)[C@H](C)N)[C@@H](O)CO)O[C@H]2C[C@H](N)C(OC3C(N)CC(N)C(O)C3F)OC2C1O. The Labute approximate surface area is 220 Å². The van der Waals surface area contributed by atoms with E-state index >= 15 is 0 Å². The number of fused-ring (bicyclic) bond motifs is 1. The molecule has 38 heavy (non-hydrogen) atoms. The third kappa shape index (κ3) is 6.96. The molecule has 0 amide bonds. The maximum absolute atomic E-state index is 14.8. The van der Waals surface area contributed by atoms with Gasteiger partial charge in [-0.15, -0.1) is 0 Å². The fourth-order valence-corrected chi connectivity index (χ4v) is 4.99. The molecule has 12 unspecified atom stereocenters. The van der Waals surface area contributed by atoms with E-state index in [4.69, 9.17) is 46.6 Å². The standard InChI is InChI=1S/C22H44FN5O10/c1-7(24)13(6-30)35-21(11(31)5-29)38-22-15(28-2)17(33)19-12(34-22)4-10(27)20(37-19)36-18-9(26)3-8(25)16(32)14(18)23/h7-22,28-33H,3-6,24-27H2,1-2H3/t7-,8?,9?,10-,11-,12-,13?,14?,15?,16?,17?,18?,19?,20?,21?,22?/m0/s1. The molecule has 1 aliphatic carbocycles. The number of likely N-dealkylation sites (N-methyl/N-ethyl adjacent to an activating group) is 1. The van der Waals surface area contributed by atoms with E-state index in [1.165, 1.54) is 7.05 Å². The normalized spacial score (nSPS) is 45.2. The average molecular weight is 558 g/mol. The summed E-state index contributed by atoms with van der Waals surface area (Å²) in [7, 11) is 1.53. The quantitative estimate of drug-likeness (QED) is 0.106. The predicted molar refractivity (Wildman–Crippen MR) is 129 cm³/mol. The third-order valence-electron chi connectivity index (χ3n) is 7.33. The first-order chi connectivity index (χ1) is 17.9. The van der Waals surface area contributed by atoms with Crippen LogP contribution in [0.3, 0.4) is 0 Å². The minimum Gasteiger partial charge on any atom is -0.394 e. The van der Waals surface area contributed by atoms with E-state index in [0.717, 1.165) is 0 Å². The van der Waals surface area contributed by atoms with Gasteiger partial charge >= 0.3 is 0 Å². The second-order valence-electron chi connectivity index (χ2n) is 10.3. The van der Waals surface area contributed by atoms with E-state index in [0.29, 0.717) is 0 Å². The van der Waals surface area contributed by atoms with Crippen molar-refractivity contribution in [2.24, 2.45) is 22.9 Å². The summed E-state index contributed by atoms with van der Waals surface area (Å²) < 4.78 is 43.9. The van der Waals surface area contributed by atoms with Crippen molar-refractivity contribution in [2.75, 3.05) is 20.3 Å². The van der Waals surface area contributed by atoms with Crippen LogP contribution in [0.2, 0.25) is 0 Å². The van der Waals surface area contributed by atoms with E-state index < -0.39 is 111 Å². The van der Waals surface area contributed by atoms with Crippen molar-refractivity contribution in [2.45, 2.75) is 118 Å². The lowest BCUT2D eigenvalue weighted by Gasteiger charge is -2.50. The molecule has 0 radical (unpaired) electrons. The zero-order chi connectivity index (χ0) is 28.3. The molecule has 16 heteroatoms. The molecule has 3 rings (SSSR count). The Bertz CT molecular complexity index is 732. The molecular weight excluding hydrogens is 513 g/mol. The Morgan fingerprint density at radius 3 is 2.26 bits per heavy atom. The molecule has 1 saturated carbocycles. The van der Waals surface area contributed by atoms with E-state index in [1.807, 2.05) is 0 Å². The summed E-state index contributed by atoms with van der Waals surface area (Å²) in [6.07, 6.45) is -13.6. The van der Waals surface area contributed by atoms with Crippen molar-refractivity contribution in [3.05, 3.63) is 0 Å². The Balaban J connectivity index is 1.71. The Morgan fingerprint density at radius 2 is 1.68 bits per heavy atom. The molecule has 0 aromatic heterocycles. The van der Waals surface area contributed by atoms with Crippen molar-refractivity contribution in [1.29, 1.82) is 0 Å². The van der Waals surface area contributed by atoms with Crippen LogP contribution in [0.15, 0.2) is 0 Å². The molecule has 14 N–H and O–H groups in total. The van der Waals surface area contributed by atoms with Gasteiger partial charge in [0.15, 0.2) is 25.0 Å². The van der Waals surface area contributed by atoms with Crippen molar-refractivity contribution >= 4 is 0 Å². The van der Waals surface area contributed by atoms with E-state index in [-0.39, 0.29) is 12.8 Å². The number of hydrogen-bond donors (Lipinski definition) is 10. The topological polar surface area (TPSA) is 263 Å². The van der Waals surface area contributed by atoms with Gasteiger partial charge < -0.3 is 77.5 Å². The lowest BCUT2D eigenvalue weighted by Crippen LogP contribution is -2.69. The average Bonchev–Trinajstić information content (AvgIpc) is 2.87. The largest absolute Gasteiger partial charge is 0.394 e. The van der Waals surface area contributed by atoms with Crippen molar-refractivity contribution in [1.82, 2.24) is 5.32 Å². The lowest BCUT2D eigenvalue weighted by molar-refractivity contribution is -0.362. The van der Waals surface area contributed by atoms with Crippen LogP contribution < -0.4 is 28.3 Å². The van der Waals surface area contributed by atoms with Gasteiger partial charge in [0.25, 0.3) is 0 Å². The zero-order valence-corrected chi connectivity index (χ0v) is 21.5. The van der Waals surface area contributed by atoms with Gasteiger partial charge in [-0.2, -0.15) is 0 Å². The molecule has 0 spiro atoms. The van der Waals surface area contributed by atoms with Crippen molar-refractivity contribution in [3.8, 4) is 0 Å². The first-order valence-electron chi connectivity index (χ1n) is 12.8. The fraction of sp³-hybridized carbons (Fsp3) is 1.00. The number of alkyl halides is 1. The van der Waals surface area contributed by atoms with Crippen molar-refractivity contribution < 1.29 is 53.6 Å². The second-order valence-corrected chi connectivity index (χ2v) is 10.3. The van der Waals surface area contributed by atoms with Gasteiger partial charge in [-0.25, -0.2) is 4.39 Å². The maximum Gasteiger partial charge on any atom is 0.189 e. The van der Waals surface area contributed by atoms with Crippen LogP contribution in [-0.2, 0) is 23.7 Å². The van der Waals surface area contributed by atoms with Crippen LogP contribution in [0.1, 0.15) is 19.8 Å². The van der Waals surface area contributed by atoms with Gasteiger partial charge in [0.1, 0.15) is 30.5 Å². The smallest absolute Gasteiger partial charge is 0.189 e. The monoisotopic (exact) mass is 557 g/mol. The molecule has 15 nitrogen and oxygen atoms in total. The number of nitrogens with two attached hydrogens (primary N) is 4. The van der Waals surface area contributed by atoms with Gasteiger partial charge in [-0.05, 0) is 26.8 Å². The molecule has 0 bridgehead atoms. The van der Waals surface area contributed by atoms with Crippen LogP contribution in [0.5, 0.6) is 0 Å². The predicted octanol–water partition coefficient (Wildman–Crippen LogP) is -5.33. The number of nitrogens with one attached hydrogen (secondary N) is 1. The lowest BCUT2D eigenvalue weighted by atomic mass is 9.85. The highest BCUT2D eigenvalue weighted by atomic mass is 19.1. The number of aliphatic hydroxyl groups is 5. The third-order valence-corrected chi connectivity index (χ3v) is 7.33. The van der Waals surface area contributed by atoms with Crippen LogP contribution in [0, 0.1) is 0 Å². The van der Waals surface area contributed by atoms with Gasteiger partial charge in [-0.1, -0.05) is 0 Å². The molecule has 3 fully saturated rings. The number of halogens is 1. The maximum atomic E-state index is 14.8. The van der Waals surface area contributed by atoms with E-state index in [1.54, 1.807) is 6.92 Å². The van der Waals surface area contributed by atoms with Crippen molar-refractivity contribution in [3.63, 3.8) is 0 Å². The van der Waals surface area contributed by atoms with Gasteiger partial charge in [0.2, 0.25) is 0 Å². The highest BCUT2D eigenvalue weighted by molar-refractivity contribution is 5.01. The Morgan fingerprint density at radius 1 is 1.00 bits per heavy atom. The Kier molecular flexibility index (Phi) is 11.6. The molecule has 2 heterocycles. The summed E-state index contributed by atoms with van der Waals surface area (Å²) in [6, 6.07) is -4.00. The molecule has 3 aliphatic rings. The summed E-state index contributed by atoms with van der Waals surface area (Å²) in [4.78, 5) is 0. The number of aliphatic hydroxyl groups excluding tert-OH is 5. The summed E-state index contributed by atoms with van der Waals surface area (Å²) >= 11 is 0. The minimum absolute atomic E-state index is 0.108. The highest BCUT2D eigenvalue weighted by Gasteiger charge is 2.53. The van der Waals surface area contributed by atoms with Crippen LogP contribution >= 0.6 is 0 Å². The summed E-state index contributed by atoms with van der Waals surface area (Å²) in [5, 5.41) is 53.3. The van der Waals surface area contributed by atoms with Crippen LogP contribution in [-0.4, -0.2) is 144 Å². The summed E-state index contributed by atoms with van der Waals surface area (Å²) in [5.41, 5.74) is 23.8. The minimum atomic E-state index is -1.86. The number of hydrogen-bond acceptors (Lipinski definition) is 15. The summed E-state index contributed by atoms with van der Waals surface area (Å²) in [5.74, 6) is 0. The van der Waals surface area contributed by atoms with Gasteiger partial charge in [0.05, 0.1) is 37.5 Å². The van der Waals surface area contributed by atoms with E-state index in [9.17, 15) is 29.9 Å². The molecule has 0 aromatic carbocycles. The second kappa shape index (κ2) is 13.8.